The predicted molar refractivity (Wildman–Crippen MR) is 115 cm³/mol. The molecule has 0 spiro atoms. The molecule has 0 bridgehead atoms. The topological polar surface area (TPSA) is 99.1 Å². The summed E-state index contributed by atoms with van der Waals surface area (Å²) in [5.74, 6) is -1.17. The molecule has 0 atom stereocenters. The zero-order valence-electron chi connectivity index (χ0n) is 16.8. The molecule has 8 heteroatoms. The molecule has 7 nitrogen and oxygen atoms in total. The molecule has 0 aliphatic carbocycles. The van der Waals surface area contributed by atoms with Crippen molar-refractivity contribution >= 4 is 17.3 Å². The van der Waals surface area contributed by atoms with Crippen LogP contribution in [0.15, 0.2) is 58.1 Å². The van der Waals surface area contributed by atoms with E-state index in [0.717, 1.165) is 10.1 Å². The Balaban J connectivity index is 1.97. The quantitative estimate of drug-likeness (QED) is 0.583. The summed E-state index contributed by atoms with van der Waals surface area (Å²) in [6, 6.07) is 13.6. The van der Waals surface area contributed by atoms with Gasteiger partial charge in [-0.05, 0) is 37.1 Å². The van der Waals surface area contributed by atoms with Crippen LogP contribution in [-0.4, -0.2) is 21.5 Å². The zero-order valence-corrected chi connectivity index (χ0v) is 16.8. The normalized spacial score (nSPS) is 10.8. The minimum Gasteiger partial charge on any atom is -0.384 e. The third-order valence-electron chi connectivity index (χ3n) is 4.87. The van der Waals surface area contributed by atoms with E-state index in [2.05, 4.69) is 5.32 Å². The summed E-state index contributed by atoms with van der Waals surface area (Å²) in [5, 5.41) is 2.81. The molecular weight excluding hydrogens is 387 g/mol. The van der Waals surface area contributed by atoms with Gasteiger partial charge in [0.05, 0.1) is 13.1 Å². The van der Waals surface area contributed by atoms with Crippen LogP contribution in [0, 0.1) is 12.7 Å². The van der Waals surface area contributed by atoms with E-state index in [-0.39, 0.29) is 31.0 Å². The molecule has 0 fully saturated rings. The van der Waals surface area contributed by atoms with Crippen LogP contribution in [0.5, 0.6) is 0 Å². The Morgan fingerprint density at radius 2 is 1.80 bits per heavy atom. The highest BCUT2D eigenvalue weighted by Gasteiger charge is 2.22. The number of nitrogens with two attached hydrogens (primary N) is 1. The van der Waals surface area contributed by atoms with Crippen LogP contribution in [-0.2, 0) is 13.1 Å². The zero-order chi connectivity index (χ0) is 21.8. The second-order valence-electron chi connectivity index (χ2n) is 6.90. The number of carbonyl (C=O) groups excluding carboxylic acids is 1. The van der Waals surface area contributed by atoms with Gasteiger partial charge in [-0.3, -0.25) is 18.7 Å². The van der Waals surface area contributed by atoms with Crippen LogP contribution in [0.4, 0.5) is 15.9 Å². The number of hydrogen-bond acceptors (Lipinski definition) is 5. The second kappa shape index (κ2) is 8.77. The van der Waals surface area contributed by atoms with Crippen molar-refractivity contribution in [2.45, 2.75) is 26.9 Å². The number of rotatable bonds is 7. The first kappa shape index (κ1) is 21.0. The molecule has 2 aromatic carbocycles. The number of hydrogen-bond donors (Lipinski definition) is 2. The van der Waals surface area contributed by atoms with Crippen LogP contribution < -0.4 is 22.3 Å². The van der Waals surface area contributed by atoms with Crippen molar-refractivity contribution in [1.82, 2.24) is 9.13 Å². The van der Waals surface area contributed by atoms with E-state index in [0.29, 0.717) is 11.3 Å². The maximum Gasteiger partial charge on any atom is 0.332 e. The molecule has 1 aromatic heterocycles. The Kier molecular flexibility index (Phi) is 6.15. The number of Topliss-reactive ketones (excluding diaryl/α,β-unsaturated/α-hetero) is 1. The van der Waals surface area contributed by atoms with Crippen molar-refractivity contribution in [3.05, 3.63) is 91.9 Å². The third-order valence-corrected chi connectivity index (χ3v) is 4.87. The summed E-state index contributed by atoms with van der Waals surface area (Å²) in [5.41, 5.74) is 6.24. The maximum absolute atomic E-state index is 13.7. The number of nitrogens with zero attached hydrogens (tertiary/aromatic N) is 2. The molecule has 1 heterocycles. The summed E-state index contributed by atoms with van der Waals surface area (Å²) >= 11 is 0. The summed E-state index contributed by atoms with van der Waals surface area (Å²) < 4.78 is 15.9. The van der Waals surface area contributed by atoms with E-state index in [4.69, 9.17) is 5.73 Å². The highest BCUT2D eigenvalue weighted by molar-refractivity contribution is 6.02. The van der Waals surface area contributed by atoms with Crippen molar-refractivity contribution in [3.8, 4) is 0 Å². The molecule has 0 saturated heterocycles. The number of nitrogens with one attached hydrogen (secondary N) is 1. The molecule has 30 heavy (non-hydrogen) atoms. The van der Waals surface area contributed by atoms with Gasteiger partial charge in [-0.2, -0.15) is 0 Å². The van der Waals surface area contributed by atoms with E-state index < -0.39 is 22.8 Å². The standard InChI is InChI=1S/C22H23FN4O3/c1-3-26-21(29)19(18(28)12-25-16-10-9-14(2)17(23)11-16)20(24)27(22(26)30)13-15-7-5-4-6-8-15/h4-11,25H,3,12-13,24H2,1-2H3. The van der Waals surface area contributed by atoms with Crippen molar-refractivity contribution < 1.29 is 9.18 Å². The van der Waals surface area contributed by atoms with Gasteiger partial charge in [0.15, 0.2) is 5.78 Å². The Bertz CT molecular complexity index is 1200. The SMILES string of the molecule is CCn1c(=O)c(C(=O)CNc2ccc(C)c(F)c2)c(N)n(Cc2ccccc2)c1=O. The van der Waals surface area contributed by atoms with Gasteiger partial charge in [-0.15, -0.1) is 0 Å². The number of carbonyl (C=O) groups is 1. The van der Waals surface area contributed by atoms with Gasteiger partial charge in [0.1, 0.15) is 17.2 Å². The van der Waals surface area contributed by atoms with Gasteiger partial charge in [0.25, 0.3) is 5.56 Å². The molecule has 0 saturated carbocycles. The molecule has 3 N–H and O–H groups in total. The fraction of sp³-hybridized carbons (Fsp3) is 0.227. The number of aryl methyl sites for hydroxylation is 1. The van der Waals surface area contributed by atoms with Crippen molar-refractivity contribution in [3.63, 3.8) is 0 Å². The number of halogens is 1. The minimum atomic E-state index is -0.730. The summed E-state index contributed by atoms with van der Waals surface area (Å²) in [6.45, 7) is 3.24. The average molecular weight is 410 g/mol. The molecule has 3 aromatic rings. The van der Waals surface area contributed by atoms with Gasteiger partial charge < -0.3 is 11.1 Å². The first-order valence-corrected chi connectivity index (χ1v) is 9.53. The number of anilines is 2. The average Bonchev–Trinajstić information content (AvgIpc) is 2.73. The summed E-state index contributed by atoms with van der Waals surface area (Å²) in [6.07, 6.45) is 0. The van der Waals surface area contributed by atoms with Gasteiger partial charge in [-0.1, -0.05) is 36.4 Å². The van der Waals surface area contributed by atoms with E-state index in [1.54, 1.807) is 26.0 Å². The Labute approximate surface area is 172 Å². The van der Waals surface area contributed by atoms with E-state index in [1.807, 2.05) is 30.3 Å². The lowest BCUT2D eigenvalue weighted by atomic mass is 10.1. The third kappa shape index (κ3) is 4.17. The summed E-state index contributed by atoms with van der Waals surface area (Å²) in [4.78, 5) is 38.3. The number of aromatic nitrogens is 2. The maximum atomic E-state index is 13.7. The fourth-order valence-corrected chi connectivity index (χ4v) is 3.15. The first-order chi connectivity index (χ1) is 14.3. The van der Waals surface area contributed by atoms with Gasteiger partial charge >= 0.3 is 5.69 Å². The highest BCUT2D eigenvalue weighted by atomic mass is 19.1. The van der Waals surface area contributed by atoms with Crippen LogP contribution in [0.2, 0.25) is 0 Å². The number of ketones is 1. The number of nitrogen functional groups attached to an aromatic ring is 1. The molecular formula is C22H23FN4O3. The molecule has 0 amide bonds. The molecule has 0 unspecified atom stereocenters. The Hall–Kier alpha value is -3.68. The van der Waals surface area contributed by atoms with Gasteiger partial charge in [-0.25, -0.2) is 9.18 Å². The lowest BCUT2D eigenvalue weighted by molar-refractivity contribution is 0.100. The molecule has 0 aliphatic rings. The van der Waals surface area contributed by atoms with Gasteiger partial charge in [0.2, 0.25) is 0 Å². The largest absolute Gasteiger partial charge is 0.384 e. The van der Waals surface area contributed by atoms with Crippen molar-refractivity contribution in [2.24, 2.45) is 0 Å². The van der Waals surface area contributed by atoms with E-state index >= 15 is 0 Å². The Morgan fingerprint density at radius 1 is 1.10 bits per heavy atom. The lowest BCUT2D eigenvalue weighted by Gasteiger charge is -2.16. The van der Waals surface area contributed by atoms with E-state index in [9.17, 15) is 18.8 Å². The smallest absolute Gasteiger partial charge is 0.332 e. The second-order valence-corrected chi connectivity index (χ2v) is 6.90. The van der Waals surface area contributed by atoms with Crippen LogP contribution in [0.3, 0.4) is 0 Å². The highest BCUT2D eigenvalue weighted by Crippen LogP contribution is 2.14. The number of benzene rings is 2. The summed E-state index contributed by atoms with van der Waals surface area (Å²) in [7, 11) is 0. The van der Waals surface area contributed by atoms with Crippen LogP contribution in [0.1, 0.15) is 28.4 Å². The van der Waals surface area contributed by atoms with Gasteiger partial charge in [0, 0.05) is 12.2 Å². The monoisotopic (exact) mass is 410 g/mol. The fourth-order valence-electron chi connectivity index (χ4n) is 3.15. The first-order valence-electron chi connectivity index (χ1n) is 9.53. The predicted octanol–water partition coefficient (Wildman–Crippen LogP) is 2.40. The van der Waals surface area contributed by atoms with Crippen molar-refractivity contribution in [1.29, 1.82) is 0 Å². The molecule has 0 radical (unpaired) electrons. The minimum absolute atomic E-state index is 0.101. The molecule has 0 aliphatic heterocycles. The molecule has 156 valence electrons. The molecule has 3 rings (SSSR count). The van der Waals surface area contributed by atoms with Crippen LogP contribution in [0.25, 0.3) is 0 Å². The van der Waals surface area contributed by atoms with E-state index in [1.165, 1.54) is 10.6 Å². The van der Waals surface area contributed by atoms with Crippen molar-refractivity contribution in [2.75, 3.05) is 17.6 Å². The lowest BCUT2D eigenvalue weighted by Crippen LogP contribution is -2.44. The van der Waals surface area contributed by atoms with Crippen LogP contribution >= 0.6 is 0 Å². The Morgan fingerprint density at radius 3 is 2.43 bits per heavy atom.